The number of methoxy groups -OCH3 is 1. The summed E-state index contributed by atoms with van der Waals surface area (Å²) in [7, 11) is 1.26. The molecule has 10 nitrogen and oxygen atoms in total. The first-order chi connectivity index (χ1) is 18.6. The zero-order valence-corrected chi connectivity index (χ0v) is 22.6. The number of pyridine rings is 1. The van der Waals surface area contributed by atoms with Gasteiger partial charge in [0.25, 0.3) is 0 Å². The Labute approximate surface area is 225 Å². The summed E-state index contributed by atoms with van der Waals surface area (Å²) in [4.78, 5) is 46.8. The Kier molecular flexibility index (Phi) is 8.24. The third-order valence-corrected chi connectivity index (χ3v) is 6.07. The van der Waals surface area contributed by atoms with Crippen molar-refractivity contribution in [1.29, 1.82) is 0 Å². The van der Waals surface area contributed by atoms with Crippen LogP contribution in [0.25, 0.3) is 0 Å². The first kappa shape index (κ1) is 27.3. The van der Waals surface area contributed by atoms with Crippen molar-refractivity contribution in [2.75, 3.05) is 12.4 Å². The minimum Gasteiger partial charge on any atom is -0.469 e. The van der Waals surface area contributed by atoms with Crippen LogP contribution in [0.3, 0.4) is 0 Å². The van der Waals surface area contributed by atoms with E-state index in [-0.39, 0.29) is 19.0 Å². The first-order valence-electron chi connectivity index (χ1n) is 12.5. The number of hydrogen-bond acceptors (Lipinski definition) is 8. The molecule has 1 N–H and O–H groups in total. The number of nitrogens with one attached hydrogen (secondary N) is 1. The minimum absolute atomic E-state index is 0.0848. The predicted molar refractivity (Wildman–Crippen MR) is 148 cm³/mol. The van der Waals surface area contributed by atoms with Gasteiger partial charge in [0, 0.05) is 35.8 Å². The maximum Gasteiger partial charge on any atom is 0.354 e. The van der Waals surface area contributed by atoms with Gasteiger partial charge in [0.2, 0.25) is 5.95 Å². The van der Waals surface area contributed by atoms with Crippen LogP contribution in [0.4, 0.5) is 11.6 Å². The van der Waals surface area contributed by atoms with E-state index in [4.69, 9.17) is 9.47 Å². The van der Waals surface area contributed by atoms with Crippen molar-refractivity contribution in [3.05, 3.63) is 104 Å². The molecule has 0 fully saturated rings. The molecular weight excluding hydrogens is 498 g/mol. The van der Waals surface area contributed by atoms with Crippen molar-refractivity contribution in [2.45, 2.75) is 40.8 Å². The van der Waals surface area contributed by atoms with Crippen molar-refractivity contribution >= 4 is 17.6 Å². The highest BCUT2D eigenvalue weighted by Crippen LogP contribution is 2.25. The van der Waals surface area contributed by atoms with Crippen molar-refractivity contribution in [1.82, 2.24) is 19.1 Å². The molecule has 0 unspecified atom stereocenters. The number of aromatic nitrogens is 4. The molecule has 1 atom stereocenters. The fraction of sp³-hybridized carbons (Fsp3) is 0.276. The topological polar surface area (TPSA) is 117 Å². The summed E-state index contributed by atoms with van der Waals surface area (Å²) in [6.45, 7) is 7.39. The molecule has 10 heteroatoms. The van der Waals surface area contributed by atoms with E-state index >= 15 is 0 Å². The number of carbonyl (C=O) groups excluding carboxylic acids is 1. The molecule has 4 aromatic rings. The quantitative estimate of drug-likeness (QED) is 0.322. The van der Waals surface area contributed by atoms with Gasteiger partial charge in [-0.3, -0.25) is 14.3 Å². The lowest BCUT2D eigenvalue weighted by Crippen LogP contribution is -2.44. The van der Waals surface area contributed by atoms with Gasteiger partial charge in [0.1, 0.15) is 11.5 Å². The number of esters is 1. The highest BCUT2D eigenvalue weighted by Gasteiger charge is 2.20. The minimum atomic E-state index is -0.762. The molecule has 0 aliphatic carbocycles. The Morgan fingerprint density at radius 2 is 1.54 bits per heavy atom. The van der Waals surface area contributed by atoms with Crippen LogP contribution in [0.5, 0.6) is 11.5 Å². The van der Waals surface area contributed by atoms with Crippen LogP contribution in [0.2, 0.25) is 0 Å². The molecule has 0 aliphatic heterocycles. The van der Waals surface area contributed by atoms with Crippen LogP contribution in [-0.2, 0) is 22.6 Å². The predicted octanol–water partition coefficient (Wildman–Crippen LogP) is 4.12. The van der Waals surface area contributed by atoms with E-state index in [2.05, 4.69) is 15.3 Å². The fourth-order valence-corrected chi connectivity index (χ4v) is 4.08. The van der Waals surface area contributed by atoms with Gasteiger partial charge >= 0.3 is 17.3 Å². The summed E-state index contributed by atoms with van der Waals surface area (Å²) in [5, 5.41) is 3.09. The van der Waals surface area contributed by atoms with E-state index in [1.54, 1.807) is 31.2 Å². The average Bonchev–Trinajstić information content (AvgIpc) is 2.89. The van der Waals surface area contributed by atoms with Crippen LogP contribution >= 0.6 is 0 Å². The zero-order valence-electron chi connectivity index (χ0n) is 22.6. The third-order valence-electron chi connectivity index (χ3n) is 6.07. The van der Waals surface area contributed by atoms with Crippen LogP contribution in [0.15, 0.2) is 70.3 Å². The number of aryl methyl sites for hydroxylation is 3. The second kappa shape index (κ2) is 11.8. The molecule has 0 saturated heterocycles. The van der Waals surface area contributed by atoms with E-state index in [1.807, 2.05) is 57.2 Å². The Bertz CT molecular complexity index is 1570. The number of benzene rings is 2. The number of anilines is 2. The van der Waals surface area contributed by atoms with Crippen LogP contribution in [0.1, 0.15) is 29.4 Å². The zero-order chi connectivity index (χ0) is 28.1. The highest BCUT2D eigenvalue weighted by atomic mass is 16.5. The van der Waals surface area contributed by atoms with Gasteiger partial charge in [-0.15, -0.1) is 0 Å². The number of hydrogen-bond donors (Lipinski definition) is 1. The normalized spacial score (nSPS) is 11.6. The molecule has 2 heterocycles. The number of nitrogens with zero attached hydrogens (tertiary/aromatic N) is 4. The Balaban J connectivity index is 1.65. The molecule has 39 heavy (non-hydrogen) atoms. The van der Waals surface area contributed by atoms with E-state index in [0.717, 1.165) is 27.1 Å². The average molecular weight is 530 g/mol. The van der Waals surface area contributed by atoms with Crippen molar-refractivity contribution in [2.24, 2.45) is 5.92 Å². The second-order valence-electron chi connectivity index (χ2n) is 9.44. The largest absolute Gasteiger partial charge is 0.469 e. The Hall–Kier alpha value is -4.73. The monoisotopic (exact) mass is 529 g/mol. The molecule has 2 aromatic heterocycles. The maximum absolute atomic E-state index is 13.5. The Morgan fingerprint density at radius 3 is 2.15 bits per heavy atom. The van der Waals surface area contributed by atoms with Crippen LogP contribution < -0.4 is 21.4 Å². The molecular formula is C29H31N5O5. The molecule has 0 saturated carbocycles. The molecule has 4 rings (SSSR count). The highest BCUT2D eigenvalue weighted by molar-refractivity contribution is 5.71. The lowest BCUT2D eigenvalue weighted by molar-refractivity contribution is -0.145. The van der Waals surface area contributed by atoms with Crippen molar-refractivity contribution in [3.8, 4) is 11.5 Å². The molecule has 0 amide bonds. The summed E-state index contributed by atoms with van der Waals surface area (Å²) < 4.78 is 13.0. The van der Waals surface area contributed by atoms with Gasteiger partial charge in [-0.25, -0.2) is 14.2 Å². The summed E-state index contributed by atoms with van der Waals surface area (Å²) in [6.07, 6.45) is 0. The summed E-state index contributed by atoms with van der Waals surface area (Å²) in [5.74, 6) is 0.158. The Morgan fingerprint density at radius 1 is 0.897 bits per heavy atom. The van der Waals surface area contributed by atoms with E-state index in [0.29, 0.717) is 17.2 Å². The molecule has 2 aromatic carbocycles. The van der Waals surface area contributed by atoms with Crippen LogP contribution in [-0.4, -0.2) is 32.2 Å². The number of carbonyl (C=O) groups is 1. The van der Waals surface area contributed by atoms with Crippen LogP contribution in [0, 0.1) is 26.7 Å². The van der Waals surface area contributed by atoms with Gasteiger partial charge in [0.15, 0.2) is 0 Å². The lowest BCUT2D eigenvalue weighted by Gasteiger charge is -2.17. The number of rotatable bonds is 9. The van der Waals surface area contributed by atoms with E-state index < -0.39 is 23.3 Å². The van der Waals surface area contributed by atoms with Crippen molar-refractivity contribution < 1.29 is 14.3 Å². The molecule has 0 radical (unpaired) electrons. The van der Waals surface area contributed by atoms with Gasteiger partial charge < -0.3 is 14.8 Å². The molecule has 202 valence electrons. The summed E-state index contributed by atoms with van der Waals surface area (Å²) in [5.41, 5.74) is 2.91. The fourth-order valence-electron chi connectivity index (χ4n) is 4.08. The number of ether oxygens (including phenoxy) is 2. The second-order valence-corrected chi connectivity index (χ2v) is 9.44. The SMILES string of the molecule is COC(=O)[C@@H](C)Cn1c(=O)nc(Nc2ccc(Oc3cc(C)nc(C)c3)cc2)n(Cc2ccc(C)cc2)c1=O. The van der Waals surface area contributed by atoms with Crippen molar-refractivity contribution in [3.63, 3.8) is 0 Å². The van der Waals surface area contributed by atoms with E-state index in [1.165, 1.54) is 11.7 Å². The first-order valence-corrected chi connectivity index (χ1v) is 12.5. The summed E-state index contributed by atoms with van der Waals surface area (Å²) >= 11 is 0. The smallest absolute Gasteiger partial charge is 0.354 e. The lowest BCUT2D eigenvalue weighted by atomic mass is 10.1. The van der Waals surface area contributed by atoms with Gasteiger partial charge in [-0.2, -0.15) is 4.98 Å². The maximum atomic E-state index is 13.5. The van der Waals surface area contributed by atoms with E-state index in [9.17, 15) is 14.4 Å². The standard InChI is InChI=1S/C29H31N5O5/c1-18-6-8-22(9-7-18)17-33-27(32-28(36)34(29(33)37)16-19(2)26(35)38-5)31-23-10-12-24(13-11-23)39-25-14-20(3)30-21(4)15-25/h6-15,19H,16-17H2,1-5H3,(H,31,32,36)/t19-/m0/s1. The van der Waals surface area contributed by atoms with Gasteiger partial charge in [0.05, 0.1) is 19.6 Å². The molecule has 0 spiro atoms. The molecule has 0 aliphatic rings. The molecule has 0 bridgehead atoms. The summed E-state index contributed by atoms with van der Waals surface area (Å²) in [6, 6.07) is 18.5. The van der Waals surface area contributed by atoms with Gasteiger partial charge in [-0.05, 0) is 50.6 Å². The van der Waals surface area contributed by atoms with Gasteiger partial charge in [-0.1, -0.05) is 36.8 Å². The third kappa shape index (κ3) is 6.78.